The first-order valence-corrected chi connectivity index (χ1v) is 12.3. The second-order valence-corrected chi connectivity index (χ2v) is 8.91. The van der Waals surface area contributed by atoms with E-state index < -0.39 is 0 Å². The van der Waals surface area contributed by atoms with Crippen molar-refractivity contribution in [1.82, 2.24) is 4.90 Å². The second-order valence-electron chi connectivity index (χ2n) is 8.03. The average molecular weight is 479 g/mol. The number of piperazine rings is 1. The maximum Gasteiger partial charge on any atom is 0.323 e. The van der Waals surface area contributed by atoms with Crippen molar-refractivity contribution in [1.29, 1.82) is 0 Å². The van der Waals surface area contributed by atoms with Gasteiger partial charge in [0.2, 0.25) is 5.91 Å². The molecule has 3 aromatic rings. The van der Waals surface area contributed by atoms with Crippen molar-refractivity contribution < 1.29 is 14.0 Å². The number of nitrogens with one attached hydrogen (secondary N) is 2. The van der Waals surface area contributed by atoms with Gasteiger partial charge in [-0.1, -0.05) is 12.1 Å². The van der Waals surface area contributed by atoms with E-state index in [4.69, 9.17) is 0 Å². The summed E-state index contributed by atoms with van der Waals surface area (Å²) in [6, 6.07) is 21.1. The highest BCUT2D eigenvalue weighted by Gasteiger charge is 2.21. The van der Waals surface area contributed by atoms with E-state index in [-0.39, 0.29) is 24.2 Å². The summed E-state index contributed by atoms with van der Waals surface area (Å²) in [6.45, 7) is 2.73. The molecule has 176 valence electrons. The molecule has 0 saturated carbocycles. The molecular weight excluding hydrogens is 451 g/mol. The number of hydrogen-bond acceptors (Lipinski definition) is 4. The molecule has 0 aromatic heterocycles. The molecule has 1 aliphatic rings. The van der Waals surface area contributed by atoms with Crippen LogP contribution >= 0.6 is 11.8 Å². The van der Waals surface area contributed by atoms with Crippen LogP contribution in [0.4, 0.5) is 26.2 Å². The fourth-order valence-corrected chi connectivity index (χ4v) is 4.23. The average Bonchev–Trinajstić information content (AvgIpc) is 2.86. The lowest BCUT2D eigenvalue weighted by atomic mass is 10.1. The minimum absolute atomic E-state index is 0.0555. The molecule has 1 heterocycles. The van der Waals surface area contributed by atoms with Crippen LogP contribution in [0.25, 0.3) is 0 Å². The second kappa shape index (κ2) is 11.1. The Bertz CT molecular complexity index is 1110. The zero-order valence-electron chi connectivity index (χ0n) is 19.0. The van der Waals surface area contributed by atoms with Crippen molar-refractivity contribution in [3.8, 4) is 0 Å². The number of amides is 3. The highest BCUT2D eigenvalue weighted by atomic mass is 32.2. The molecule has 0 bridgehead atoms. The minimum Gasteiger partial charge on any atom is -0.368 e. The van der Waals surface area contributed by atoms with Crippen LogP contribution in [0, 0.1) is 5.82 Å². The molecule has 0 unspecified atom stereocenters. The van der Waals surface area contributed by atoms with Crippen LogP contribution in [-0.4, -0.2) is 49.3 Å². The number of nitrogens with zero attached hydrogens (tertiary/aromatic N) is 2. The third kappa shape index (κ3) is 6.29. The van der Waals surface area contributed by atoms with E-state index in [0.717, 1.165) is 34.9 Å². The van der Waals surface area contributed by atoms with E-state index >= 15 is 0 Å². The van der Waals surface area contributed by atoms with Crippen molar-refractivity contribution in [2.75, 3.05) is 48.0 Å². The summed E-state index contributed by atoms with van der Waals surface area (Å²) in [5, 5.41) is 5.68. The lowest BCUT2D eigenvalue weighted by molar-refractivity contribution is -0.130. The summed E-state index contributed by atoms with van der Waals surface area (Å²) in [6.07, 6.45) is 2.29. The van der Waals surface area contributed by atoms with Crippen molar-refractivity contribution in [3.05, 3.63) is 84.2 Å². The lowest BCUT2D eigenvalue weighted by Gasteiger charge is -2.36. The molecule has 34 heavy (non-hydrogen) atoms. The van der Waals surface area contributed by atoms with Crippen molar-refractivity contribution in [2.24, 2.45) is 0 Å². The minimum atomic E-state index is -0.299. The predicted octanol–water partition coefficient (Wildman–Crippen LogP) is 5.08. The number of carbonyl (C=O) groups excluding carboxylic acids is 2. The summed E-state index contributed by atoms with van der Waals surface area (Å²) in [5.41, 5.74) is 3.30. The molecule has 0 atom stereocenters. The van der Waals surface area contributed by atoms with Crippen LogP contribution in [0.15, 0.2) is 77.7 Å². The zero-order valence-corrected chi connectivity index (χ0v) is 19.8. The summed E-state index contributed by atoms with van der Waals surface area (Å²) >= 11 is 1.65. The summed E-state index contributed by atoms with van der Waals surface area (Å²) in [4.78, 5) is 30.1. The van der Waals surface area contributed by atoms with Gasteiger partial charge in [0.05, 0.1) is 6.42 Å². The molecule has 1 fully saturated rings. The van der Waals surface area contributed by atoms with E-state index in [9.17, 15) is 14.0 Å². The van der Waals surface area contributed by atoms with Gasteiger partial charge in [-0.05, 0) is 72.5 Å². The first-order chi connectivity index (χ1) is 16.5. The molecule has 2 N–H and O–H groups in total. The Morgan fingerprint density at radius 3 is 1.94 bits per heavy atom. The van der Waals surface area contributed by atoms with Crippen molar-refractivity contribution >= 4 is 40.8 Å². The first-order valence-electron chi connectivity index (χ1n) is 11.1. The normalized spacial score (nSPS) is 13.5. The van der Waals surface area contributed by atoms with Crippen LogP contribution in [0.1, 0.15) is 5.56 Å². The topological polar surface area (TPSA) is 64.7 Å². The van der Waals surface area contributed by atoms with E-state index in [1.165, 1.54) is 12.1 Å². The fraction of sp³-hybridized carbons (Fsp3) is 0.231. The van der Waals surface area contributed by atoms with E-state index in [2.05, 4.69) is 15.5 Å². The van der Waals surface area contributed by atoms with Crippen molar-refractivity contribution in [3.63, 3.8) is 0 Å². The van der Waals surface area contributed by atoms with Gasteiger partial charge >= 0.3 is 6.03 Å². The number of rotatable bonds is 6. The Hall–Kier alpha value is -3.52. The number of halogens is 1. The molecule has 3 amide bonds. The van der Waals surface area contributed by atoms with E-state index in [1.54, 1.807) is 23.9 Å². The monoisotopic (exact) mass is 478 g/mol. The van der Waals surface area contributed by atoms with Gasteiger partial charge in [-0.2, -0.15) is 0 Å². The maximum atomic E-state index is 13.1. The molecule has 3 aromatic carbocycles. The van der Waals surface area contributed by atoms with Crippen LogP contribution in [-0.2, 0) is 11.2 Å². The largest absolute Gasteiger partial charge is 0.368 e. The molecule has 4 rings (SSSR count). The van der Waals surface area contributed by atoms with Gasteiger partial charge in [0.1, 0.15) is 5.82 Å². The Balaban J connectivity index is 1.25. The summed E-state index contributed by atoms with van der Waals surface area (Å²) in [5.74, 6) is -0.243. The Morgan fingerprint density at radius 2 is 1.38 bits per heavy atom. The molecule has 6 nitrogen and oxygen atoms in total. The Labute approximate surface area is 203 Å². The standard InChI is InChI=1S/C26H27FN4O2S/c1-34-24-12-8-22(9-13-24)29-26(33)28-21-6-10-23(11-7-21)30-14-16-31(17-15-30)25(32)18-19-2-4-20(27)5-3-19/h2-13H,14-18H2,1H3,(H2,28,29,33). The summed E-state index contributed by atoms with van der Waals surface area (Å²) < 4.78 is 13.1. The van der Waals surface area contributed by atoms with E-state index in [1.807, 2.05) is 59.7 Å². The molecule has 0 aliphatic carbocycles. The lowest BCUT2D eigenvalue weighted by Crippen LogP contribution is -2.49. The van der Waals surface area contributed by atoms with E-state index in [0.29, 0.717) is 18.8 Å². The number of urea groups is 1. The number of thioether (sulfide) groups is 1. The van der Waals surface area contributed by atoms with Gasteiger partial charge in [-0.3, -0.25) is 4.79 Å². The Kier molecular flexibility index (Phi) is 7.69. The summed E-state index contributed by atoms with van der Waals surface area (Å²) in [7, 11) is 0. The number of carbonyl (C=O) groups is 2. The molecule has 1 aliphatic heterocycles. The molecule has 8 heteroatoms. The third-order valence-electron chi connectivity index (χ3n) is 5.74. The van der Waals surface area contributed by atoms with Gasteiger partial charge in [-0.15, -0.1) is 11.8 Å². The molecule has 0 radical (unpaired) electrons. The van der Waals surface area contributed by atoms with Crippen LogP contribution in [0.2, 0.25) is 0 Å². The maximum absolute atomic E-state index is 13.1. The van der Waals surface area contributed by atoms with Crippen LogP contribution in [0.5, 0.6) is 0 Å². The first kappa shape index (κ1) is 23.6. The number of benzene rings is 3. The van der Waals surface area contributed by atoms with Crippen LogP contribution in [0.3, 0.4) is 0 Å². The zero-order chi connectivity index (χ0) is 23.9. The third-order valence-corrected chi connectivity index (χ3v) is 6.48. The van der Waals surface area contributed by atoms with Gasteiger partial charge in [0.15, 0.2) is 0 Å². The quantitative estimate of drug-likeness (QED) is 0.485. The van der Waals surface area contributed by atoms with Crippen LogP contribution < -0.4 is 15.5 Å². The number of anilines is 3. The smallest absolute Gasteiger partial charge is 0.323 e. The Morgan fingerprint density at radius 1 is 0.824 bits per heavy atom. The number of hydrogen-bond donors (Lipinski definition) is 2. The highest BCUT2D eigenvalue weighted by Crippen LogP contribution is 2.21. The van der Waals surface area contributed by atoms with Gasteiger partial charge in [0, 0.05) is 48.1 Å². The predicted molar refractivity (Wildman–Crippen MR) is 136 cm³/mol. The SMILES string of the molecule is CSc1ccc(NC(=O)Nc2ccc(N3CCN(C(=O)Cc4ccc(F)cc4)CC3)cc2)cc1. The molecule has 0 spiro atoms. The van der Waals surface area contributed by atoms with Crippen molar-refractivity contribution in [2.45, 2.75) is 11.3 Å². The molecule has 1 saturated heterocycles. The highest BCUT2D eigenvalue weighted by molar-refractivity contribution is 7.98. The molecular formula is C26H27FN4O2S. The van der Waals surface area contributed by atoms with Gasteiger partial charge < -0.3 is 20.4 Å². The fourth-order valence-electron chi connectivity index (χ4n) is 3.83. The van der Waals surface area contributed by atoms with Gasteiger partial charge in [-0.25, -0.2) is 9.18 Å². The van der Waals surface area contributed by atoms with Gasteiger partial charge in [0.25, 0.3) is 0 Å².